The number of aliphatic imine (C=N–C) groups is 1. The first-order valence-corrected chi connectivity index (χ1v) is 4.44. The van der Waals surface area contributed by atoms with E-state index in [1.807, 2.05) is 0 Å². The summed E-state index contributed by atoms with van der Waals surface area (Å²) in [5.74, 6) is 0.742. The molecule has 1 N–H and O–H groups in total. The molecule has 0 aliphatic carbocycles. The maximum Gasteiger partial charge on any atom is 0.155 e. The summed E-state index contributed by atoms with van der Waals surface area (Å²) < 4.78 is 0. The van der Waals surface area contributed by atoms with E-state index in [1.165, 1.54) is 0 Å². The number of nitrogens with zero attached hydrogens (tertiary/aromatic N) is 2. The molecule has 0 aromatic carbocycles. The van der Waals surface area contributed by atoms with E-state index in [-0.39, 0.29) is 6.61 Å². The fourth-order valence-corrected chi connectivity index (χ4v) is 1.15. The summed E-state index contributed by atoms with van der Waals surface area (Å²) in [6.07, 6.45) is 3.02. The van der Waals surface area contributed by atoms with Crippen LogP contribution in [0.3, 0.4) is 0 Å². The van der Waals surface area contributed by atoms with E-state index in [0.717, 1.165) is 25.1 Å². The molecule has 0 unspecified atom stereocenters. The minimum absolute atomic E-state index is 0.127. The van der Waals surface area contributed by atoms with Gasteiger partial charge < -0.3 is 5.11 Å². The standard InChI is InChI=1S/C8H12ClN2O/c1-2-3-4-7-10-6(5-12)8(9)11-7/h12H,2-5H2,1H3. The van der Waals surface area contributed by atoms with E-state index in [0.29, 0.717) is 10.9 Å². The van der Waals surface area contributed by atoms with E-state index in [4.69, 9.17) is 16.7 Å². The molecule has 1 aliphatic heterocycles. The highest BCUT2D eigenvalue weighted by atomic mass is 35.5. The van der Waals surface area contributed by atoms with Crippen LogP contribution in [0.5, 0.6) is 0 Å². The van der Waals surface area contributed by atoms with E-state index in [9.17, 15) is 0 Å². The number of hydrogen-bond donors (Lipinski definition) is 1. The quantitative estimate of drug-likeness (QED) is 0.668. The molecule has 12 heavy (non-hydrogen) atoms. The maximum absolute atomic E-state index is 8.77. The van der Waals surface area contributed by atoms with E-state index in [1.54, 1.807) is 0 Å². The first-order chi connectivity index (χ1) is 5.77. The summed E-state index contributed by atoms with van der Waals surface area (Å²) >= 11 is 5.69. The second-order valence-electron chi connectivity index (χ2n) is 2.64. The molecule has 0 saturated carbocycles. The van der Waals surface area contributed by atoms with Crippen molar-refractivity contribution < 1.29 is 5.11 Å². The number of aliphatic hydroxyl groups excluding tert-OH is 1. The molecule has 1 rings (SSSR count). The third-order valence-corrected chi connectivity index (χ3v) is 1.94. The topological polar surface area (TPSA) is 46.7 Å². The number of aliphatic hydroxyl groups is 1. The fraction of sp³-hybridized carbons (Fsp3) is 0.625. The third kappa shape index (κ3) is 2.22. The van der Waals surface area contributed by atoms with Crippen molar-refractivity contribution in [3.8, 4) is 0 Å². The zero-order valence-electron chi connectivity index (χ0n) is 7.05. The van der Waals surface area contributed by atoms with Crippen molar-refractivity contribution in [3.63, 3.8) is 0 Å². The van der Waals surface area contributed by atoms with Gasteiger partial charge >= 0.3 is 0 Å². The summed E-state index contributed by atoms with van der Waals surface area (Å²) in [6, 6.07) is 0. The molecule has 0 bridgehead atoms. The number of halogens is 1. The van der Waals surface area contributed by atoms with Crippen LogP contribution in [0.1, 0.15) is 26.2 Å². The van der Waals surface area contributed by atoms with Crippen LogP contribution in [0.25, 0.3) is 0 Å². The molecular weight excluding hydrogens is 176 g/mol. The Labute approximate surface area is 77.1 Å². The summed E-state index contributed by atoms with van der Waals surface area (Å²) in [4.78, 5) is 4.01. The molecule has 1 heterocycles. The Balaban J connectivity index is 2.41. The second kappa shape index (κ2) is 4.48. The molecule has 0 atom stereocenters. The molecule has 0 aromatic heterocycles. The fourth-order valence-electron chi connectivity index (χ4n) is 0.952. The van der Waals surface area contributed by atoms with Crippen LogP contribution in [-0.2, 0) is 0 Å². The van der Waals surface area contributed by atoms with Gasteiger partial charge in [0.1, 0.15) is 11.5 Å². The Morgan fingerprint density at radius 1 is 1.50 bits per heavy atom. The second-order valence-corrected chi connectivity index (χ2v) is 3.00. The molecule has 3 nitrogen and oxygen atoms in total. The van der Waals surface area contributed by atoms with Gasteiger partial charge in [-0.2, -0.15) is 0 Å². The monoisotopic (exact) mass is 187 g/mol. The normalized spacial score (nSPS) is 16.4. The van der Waals surface area contributed by atoms with Crippen LogP contribution in [0, 0.1) is 0 Å². The molecule has 0 spiro atoms. The predicted molar refractivity (Wildman–Crippen MR) is 49.1 cm³/mol. The van der Waals surface area contributed by atoms with E-state index < -0.39 is 0 Å². The van der Waals surface area contributed by atoms with Gasteiger partial charge in [-0.15, -0.1) is 0 Å². The van der Waals surface area contributed by atoms with Crippen molar-refractivity contribution in [2.45, 2.75) is 26.2 Å². The Morgan fingerprint density at radius 3 is 2.75 bits per heavy atom. The highest BCUT2D eigenvalue weighted by molar-refractivity contribution is 6.31. The lowest BCUT2D eigenvalue weighted by Gasteiger charge is -1.98. The molecule has 0 saturated heterocycles. The molecule has 67 valence electrons. The first kappa shape index (κ1) is 9.55. The molecule has 0 fully saturated rings. The Morgan fingerprint density at radius 2 is 2.25 bits per heavy atom. The van der Waals surface area contributed by atoms with Gasteiger partial charge in [-0.3, -0.25) is 0 Å². The Hall–Kier alpha value is -0.540. The maximum atomic E-state index is 8.77. The number of rotatable bonds is 4. The predicted octanol–water partition coefficient (Wildman–Crippen LogP) is 1.59. The van der Waals surface area contributed by atoms with Gasteiger partial charge in [-0.1, -0.05) is 24.9 Å². The van der Waals surface area contributed by atoms with Gasteiger partial charge in [0.2, 0.25) is 0 Å². The smallest absolute Gasteiger partial charge is 0.155 e. The van der Waals surface area contributed by atoms with Crippen LogP contribution in [-0.4, -0.2) is 17.5 Å². The van der Waals surface area contributed by atoms with Crippen LogP contribution < -0.4 is 5.32 Å². The number of amidine groups is 1. The van der Waals surface area contributed by atoms with Gasteiger partial charge in [0, 0.05) is 6.42 Å². The molecule has 1 aliphatic rings. The number of hydrogen-bond acceptors (Lipinski definition) is 2. The van der Waals surface area contributed by atoms with Gasteiger partial charge in [0.05, 0.1) is 6.61 Å². The highest BCUT2D eigenvalue weighted by Gasteiger charge is 2.15. The van der Waals surface area contributed by atoms with Gasteiger partial charge in [0.15, 0.2) is 5.16 Å². The van der Waals surface area contributed by atoms with Crippen LogP contribution in [0.15, 0.2) is 15.8 Å². The average molecular weight is 188 g/mol. The highest BCUT2D eigenvalue weighted by Crippen LogP contribution is 2.17. The van der Waals surface area contributed by atoms with E-state index >= 15 is 0 Å². The molecule has 1 radical (unpaired) electrons. The lowest BCUT2D eigenvalue weighted by Crippen LogP contribution is -2.12. The van der Waals surface area contributed by atoms with Crippen molar-refractivity contribution >= 4 is 17.4 Å². The number of unbranched alkanes of at least 4 members (excludes halogenated alkanes) is 1. The van der Waals surface area contributed by atoms with Gasteiger partial charge in [0.25, 0.3) is 0 Å². The van der Waals surface area contributed by atoms with Crippen LogP contribution in [0.2, 0.25) is 0 Å². The van der Waals surface area contributed by atoms with Crippen molar-refractivity contribution in [1.29, 1.82) is 0 Å². The SMILES string of the molecule is CCCCC1=NC(Cl)=C(CO)[N]1. The van der Waals surface area contributed by atoms with Crippen molar-refractivity contribution in [2.75, 3.05) is 6.61 Å². The summed E-state index contributed by atoms with van der Waals surface area (Å²) in [7, 11) is 0. The first-order valence-electron chi connectivity index (χ1n) is 4.06. The summed E-state index contributed by atoms with van der Waals surface area (Å²) in [5.41, 5.74) is 0.489. The molecule has 0 amide bonds. The minimum atomic E-state index is -0.127. The van der Waals surface area contributed by atoms with Gasteiger partial charge in [-0.25, -0.2) is 10.3 Å². The third-order valence-electron chi connectivity index (χ3n) is 1.63. The average Bonchev–Trinajstić information content (AvgIpc) is 2.43. The molecular formula is C8H12ClN2O. The largest absolute Gasteiger partial charge is 0.390 e. The van der Waals surface area contributed by atoms with Crippen LogP contribution in [0.4, 0.5) is 0 Å². The van der Waals surface area contributed by atoms with Crippen LogP contribution >= 0.6 is 11.6 Å². The lowest BCUT2D eigenvalue weighted by molar-refractivity contribution is 0.326. The lowest BCUT2D eigenvalue weighted by atomic mass is 10.2. The Kier molecular flexibility index (Phi) is 3.56. The molecule has 0 aromatic rings. The van der Waals surface area contributed by atoms with Crippen molar-refractivity contribution in [1.82, 2.24) is 5.32 Å². The summed E-state index contributed by atoms with van der Waals surface area (Å²) in [6.45, 7) is 1.98. The van der Waals surface area contributed by atoms with Gasteiger partial charge in [-0.05, 0) is 6.42 Å². The minimum Gasteiger partial charge on any atom is -0.390 e. The Bertz CT molecular complexity index is 223. The van der Waals surface area contributed by atoms with E-state index in [2.05, 4.69) is 17.2 Å². The van der Waals surface area contributed by atoms with Crippen molar-refractivity contribution in [2.24, 2.45) is 4.99 Å². The summed E-state index contributed by atoms with van der Waals surface area (Å²) in [5, 5.41) is 13.2. The molecule has 4 heteroatoms. The zero-order valence-corrected chi connectivity index (χ0v) is 7.80. The zero-order chi connectivity index (χ0) is 8.97. The van der Waals surface area contributed by atoms with Crippen molar-refractivity contribution in [3.05, 3.63) is 10.9 Å².